The number of nitrogens with zero attached hydrogens (tertiary/aromatic N) is 3. The largest absolute Gasteiger partial charge is 1.00 e. The van der Waals surface area contributed by atoms with Gasteiger partial charge in [-0.3, -0.25) is 14.3 Å². The molecule has 0 aromatic carbocycles. The van der Waals surface area contributed by atoms with Crippen LogP contribution in [0.4, 0.5) is 0 Å². The van der Waals surface area contributed by atoms with Gasteiger partial charge in [0.15, 0.2) is 22.5 Å². The summed E-state index contributed by atoms with van der Waals surface area (Å²) in [6, 6.07) is 0. The Hall–Kier alpha value is -0.990. The van der Waals surface area contributed by atoms with Gasteiger partial charge in [-0.2, -0.15) is 0 Å². The average molecular weight is 380 g/mol. The Kier molecular flexibility index (Phi) is 6.27. The van der Waals surface area contributed by atoms with Gasteiger partial charge in [0.25, 0.3) is 5.56 Å². The van der Waals surface area contributed by atoms with Gasteiger partial charge in [0.05, 0.1) is 12.3 Å². The fraction of sp³-hybridized carbons (Fsp3) is 0.500. The number of ether oxygens (including phenoxy) is 1. The van der Waals surface area contributed by atoms with Crippen molar-refractivity contribution >= 4 is 28.9 Å². The molecule has 25 heavy (non-hydrogen) atoms. The van der Waals surface area contributed by atoms with Crippen LogP contribution in [-0.2, 0) is 9.53 Å². The summed E-state index contributed by atoms with van der Waals surface area (Å²) in [5.74, 6) is -1.85. The monoisotopic (exact) mass is 380 g/mol. The SMILES string of the molecule is CSc1nc2c(ncn2[C@@H]2O[C@H](C(O)C(=O)[O-])[C@@H](O)[C@H]2O)c(=O)[nH]1.[Na+]. The standard InChI is InChI=1S/C12H14N4O7S.Na/c1-24-12-14-8-3(9(20)15-12)13-2-16(8)10-5(18)4(17)7(23-10)6(19)11(21)22;/h2,4-7,10,17-19H,1H3,(H,21,22)(H,14,15,20);/q;+1/p-1/t4-,5+,6?,7-,10+;/m0./s1. The minimum absolute atomic E-state index is 0. The number of aromatic nitrogens is 4. The zero-order chi connectivity index (χ0) is 17.6. The first-order valence-corrected chi connectivity index (χ1v) is 7.99. The number of rotatable bonds is 4. The van der Waals surface area contributed by atoms with Gasteiger partial charge in [-0.25, -0.2) is 9.97 Å². The maximum Gasteiger partial charge on any atom is 1.00 e. The van der Waals surface area contributed by atoms with E-state index in [0.717, 1.165) is 0 Å². The quantitative estimate of drug-likeness (QED) is 0.227. The third-order valence-electron chi connectivity index (χ3n) is 3.71. The molecule has 0 radical (unpaired) electrons. The molecule has 4 N–H and O–H groups in total. The van der Waals surface area contributed by atoms with Gasteiger partial charge in [0, 0.05) is 0 Å². The molecule has 0 saturated carbocycles. The van der Waals surface area contributed by atoms with Crippen LogP contribution < -0.4 is 40.2 Å². The normalized spacial score (nSPS) is 27.2. The van der Waals surface area contributed by atoms with E-state index in [1.54, 1.807) is 6.26 Å². The molecule has 2 aromatic rings. The van der Waals surface area contributed by atoms with E-state index in [9.17, 15) is 30.0 Å². The summed E-state index contributed by atoms with van der Waals surface area (Å²) < 4.78 is 6.46. The average Bonchev–Trinajstić information content (AvgIpc) is 3.09. The molecule has 130 valence electrons. The van der Waals surface area contributed by atoms with Gasteiger partial charge in [0.2, 0.25) is 0 Å². The van der Waals surface area contributed by atoms with Gasteiger partial charge in [-0.15, -0.1) is 0 Å². The predicted octanol–water partition coefficient (Wildman–Crippen LogP) is -6.42. The molecule has 0 bridgehead atoms. The minimum Gasteiger partial charge on any atom is -0.547 e. The first kappa shape index (κ1) is 20.3. The van der Waals surface area contributed by atoms with Crippen molar-refractivity contribution in [2.24, 2.45) is 0 Å². The number of aliphatic hydroxyl groups is 3. The van der Waals surface area contributed by atoms with E-state index in [-0.39, 0.29) is 40.7 Å². The summed E-state index contributed by atoms with van der Waals surface area (Å²) in [7, 11) is 0. The summed E-state index contributed by atoms with van der Waals surface area (Å²) in [6.45, 7) is 0. The topological polar surface area (TPSA) is 174 Å². The van der Waals surface area contributed by atoms with E-state index in [2.05, 4.69) is 15.0 Å². The van der Waals surface area contributed by atoms with Crippen LogP contribution in [0.1, 0.15) is 6.23 Å². The molecule has 11 nitrogen and oxygen atoms in total. The summed E-state index contributed by atoms with van der Waals surface area (Å²) in [4.78, 5) is 33.3. The number of fused-ring (bicyclic) bond motifs is 1. The van der Waals surface area contributed by atoms with E-state index in [0.29, 0.717) is 5.16 Å². The summed E-state index contributed by atoms with van der Waals surface area (Å²) >= 11 is 1.18. The van der Waals surface area contributed by atoms with Crippen LogP contribution in [0, 0.1) is 0 Å². The van der Waals surface area contributed by atoms with Crippen LogP contribution in [0.2, 0.25) is 0 Å². The number of thioether (sulfide) groups is 1. The van der Waals surface area contributed by atoms with Gasteiger partial charge in [-0.05, 0) is 6.26 Å². The number of hydrogen-bond acceptors (Lipinski definition) is 10. The van der Waals surface area contributed by atoms with Crippen molar-refractivity contribution in [2.45, 2.75) is 35.8 Å². The van der Waals surface area contributed by atoms with Crippen LogP contribution in [0.3, 0.4) is 0 Å². The number of carboxylic acids is 1. The third-order valence-corrected chi connectivity index (χ3v) is 4.29. The molecule has 0 aliphatic carbocycles. The maximum absolute atomic E-state index is 11.9. The van der Waals surface area contributed by atoms with Crippen molar-refractivity contribution in [2.75, 3.05) is 6.26 Å². The molecule has 0 spiro atoms. The molecule has 3 rings (SSSR count). The minimum atomic E-state index is -2.13. The van der Waals surface area contributed by atoms with Gasteiger partial charge < -0.3 is 30.0 Å². The molecular weight excluding hydrogens is 367 g/mol. The molecule has 1 saturated heterocycles. The van der Waals surface area contributed by atoms with E-state index in [1.807, 2.05) is 0 Å². The second-order valence-electron chi connectivity index (χ2n) is 5.14. The van der Waals surface area contributed by atoms with Crippen molar-refractivity contribution in [3.05, 3.63) is 16.7 Å². The van der Waals surface area contributed by atoms with E-state index < -0.39 is 42.2 Å². The Morgan fingerprint density at radius 1 is 1.48 bits per heavy atom. The Labute approximate surface area is 166 Å². The number of carbonyl (C=O) groups excluding carboxylic acids is 1. The number of nitrogens with one attached hydrogen (secondary N) is 1. The third kappa shape index (κ3) is 3.48. The van der Waals surface area contributed by atoms with Crippen LogP contribution in [0.15, 0.2) is 16.3 Å². The zero-order valence-corrected chi connectivity index (χ0v) is 16.0. The van der Waals surface area contributed by atoms with Crippen molar-refractivity contribution < 1.29 is 59.5 Å². The smallest absolute Gasteiger partial charge is 0.547 e. The van der Waals surface area contributed by atoms with Crippen molar-refractivity contribution in [1.29, 1.82) is 0 Å². The van der Waals surface area contributed by atoms with Gasteiger partial charge in [-0.1, -0.05) is 11.8 Å². The Balaban J connectivity index is 0.00000225. The summed E-state index contributed by atoms with van der Waals surface area (Å²) in [5.41, 5.74) is -0.424. The molecule has 5 atom stereocenters. The maximum atomic E-state index is 11.9. The van der Waals surface area contributed by atoms with Crippen LogP contribution in [0.25, 0.3) is 11.2 Å². The van der Waals surface area contributed by atoms with Gasteiger partial charge >= 0.3 is 29.6 Å². The molecule has 13 heteroatoms. The Bertz CT molecular complexity index is 842. The van der Waals surface area contributed by atoms with E-state index in [4.69, 9.17) is 4.74 Å². The molecule has 0 amide bonds. The molecule has 1 fully saturated rings. The molecule has 1 unspecified atom stereocenters. The van der Waals surface area contributed by atoms with Crippen molar-refractivity contribution in [3.63, 3.8) is 0 Å². The second-order valence-corrected chi connectivity index (χ2v) is 5.93. The Morgan fingerprint density at radius 3 is 2.76 bits per heavy atom. The first-order chi connectivity index (χ1) is 11.3. The summed E-state index contributed by atoms with van der Waals surface area (Å²) in [6.07, 6.45) is -5.40. The number of aliphatic hydroxyl groups excluding tert-OH is 3. The van der Waals surface area contributed by atoms with Crippen LogP contribution in [-0.4, -0.2) is 71.5 Å². The van der Waals surface area contributed by atoms with Crippen molar-refractivity contribution in [1.82, 2.24) is 19.5 Å². The van der Waals surface area contributed by atoms with Crippen LogP contribution >= 0.6 is 11.8 Å². The number of carbonyl (C=O) groups is 1. The van der Waals surface area contributed by atoms with Crippen LogP contribution in [0.5, 0.6) is 0 Å². The Morgan fingerprint density at radius 2 is 2.16 bits per heavy atom. The number of hydrogen-bond donors (Lipinski definition) is 4. The fourth-order valence-corrected chi connectivity index (χ4v) is 2.87. The second kappa shape index (κ2) is 7.72. The number of imidazole rings is 1. The fourth-order valence-electron chi connectivity index (χ4n) is 2.50. The molecule has 3 heterocycles. The molecule has 1 aliphatic heterocycles. The zero-order valence-electron chi connectivity index (χ0n) is 13.2. The number of H-pyrrole nitrogens is 1. The summed E-state index contributed by atoms with van der Waals surface area (Å²) in [5, 5.41) is 40.6. The van der Waals surface area contributed by atoms with Crippen molar-refractivity contribution in [3.8, 4) is 0 Å². The number of carboxylic acid groups (broad SMARTS) is 1. The van der Waals surface area contributed by atoms with E-state index in [1.165, 1.54) is 22.7 Å². The van der Waals surface area contributed by atoms with Gasteiger partial charge in [0.1, 0.15) is 24.4 Å². The number of aliphatic carboxylic acids is 1. The number of aromatic amines is 1. The first-order valence-electron chi connectivity index (χ1n) is 6.76. The molecular formula is C12H13N4NaO7S. The molecule has 2 aromatic heterocycles. The van der Waals surface area contributed by atoms with E-state index >= 15 is 0 Å². The molecule has 1 aliphatic rings. The predicted molar refractivity (Wildman–Crippen MR) is 76.9 cm³/mol.